The first kappa shape index (κ1) is 33.2. The van der Waals surface area contributed by atoms with Gasteiger partial charge >= 0.3 is 0 Å². The average molecular weight is 485 g/mol. The smallest absolute Gasteiger partial charge is 0.0851 e. The van der Waals surface area contributed by atoms with Crippen LogP contribution in [0, 0.1) is 11.8 Å². The Labute approximate surface area is 211 Å². The summed E-state index contributed by atoms with van der Waals surface area (Å²) >= 11 is 0. The van der Waals surface area contributed by atoms with E-state index in [0.29, 0.717) is 5.92 Å². The second kappa shape index (κ2) is 23.9. The zero-order chi connectivity index (χ0) is 24.6. The quantitative estimate of drug-likeness (QED) is 0.0881. The molecule has 1 nitrogen and oxygen atoms in total. The predicted octanol–water partition coefficient (Wildman–Crippen LogP) is 11.9. The van der Waals surface area contributed by atoms with Crippen LogP contribution >= 0.6 is 7.14 Å². The molecule has 0 aromatic heterocycles. The van der Waals surface area contributed by atoms with Gasteiger partial charge in [0.15, 0.2) is 0 Å². The first-order valence-corrected chi connectivity index (χ1v) is 18.1. The molecule has 0 bridgehead atoms. The van der Waals surface area contributed by atoms with Crippen molar-refractivity contribution in [2.24, 2.45) is 11.8 Å². The van der Waals surface area contributed by atoms with Crippen LogP contribution in [0.25, 0.3) is 0 Å². The molecule has 0 aliphatic heterocycles. The normalized spacial score (nSPS) is 14.6. The van der Waals surface area contributed by atoms with Crippen LogP contribution in [0.5, 0.6) is 0 Å². The molecular weight excluding hydrogens is 419 g/mol. The summed E-state index contributed by atoms with van der Waals surface area (Å²) < 4.78 is 13.7. The van der Waals surface area contributed by atoms with Crippen molar-refractivity contribution in [3.05, 3.63) is 0 Å². The van der Waals surface area contributed by atoms with E-state index in [-0.39, 0.29) is 0 Å². The van der Waals surface area contributed by atoms with Gasteiger partial charge in [-0.2, -0.15) is 0 Å². The van der Waals surface area contributed by atoms with Crippen LogP contribution in [-0.4, -0.2) is 19.0 Å². The summed E-state index contributed by atoms with van der Waals surface area (Å²) in [6, 6.07) is 0. The minimum absolute atomic E-state index is 0.714. The van der Waals surface area contributed by atoms with Crippen LogP contribution in [0.3, 0.4) is 0 Å². The summed E-state index contributed by atoms with van der Waals surface area (Å²) in [5, 5.41) is 0. The molecule has 33 heavy (non-hydrogen) atoms. The highest BCUT2D eigenvalue weighted by atomic mass is 31.2. The van der Waals surface area contributed by atoms with Crippen LogP contribution in [0.4, 0.5) is 0 Å². The maximum absolute atomic E-state index is 13.7. The lowest BCUT2D eigenvalue weighted by atomic mass is 9.92. The first-order chi connectivity index (χ1) is 16.0. The zero-order valence-corrected chi connectivity index (χ0v) is 24.9. The Morgan fingerprint density at radius 2 is 0.788 bits per heavy atom. The summed E-state index contributed by atoms with van der Waals surface area (Å²) in [5.41, 5.74) is 0. The number of hydrogen-bond acceptors (Lipinski definition) is 1. The highest BCUT2D eigenvalue weighted by Crippen LogP contribution is 2.47. The second-order valence-electron chi connectivity index (χ2n) is 11.5. The van der Waals surface area contributed by atoms with Crippen molar-refractivity contribution in [1.82, 2.24) is 0 Å². The van der Waals surface area contributed by atoms with Gasteiger partial charge in [0.05, 0.1) is 7.14 Å². The topological polar surface area (TPSA) is 17.1 Å². The van der Waals surface area contributed by atoms with Gasteiger partial charge in [-0.3, -0.25) is 0 Å². The van der Waals surface area contributed by atoms with Gasteiger partial charge in [-0.1, -0.05) is 163 Å². The number of rotatable bonds is 26. The first-order valence-electron chi connectivity index (χ1n) is 15.5. The van der Waals surface area contributed by atoms with Gasteiger partial charge in [0.2, 0.25) is 0 Å². The van der Waals surface area contributed by atoms with Crippen molar-refractivity contribution >= 4 is 7.14 Å². The van der Waals surface area contributed by atoms with E-state index in [1.165, 1.54) is 141 Å². The van der Waals surface area contributed by atoms with E-state index in [1.54, 1.807) is 0 Å². The molecule has 0 aliphatic rings. The molecule has 0 saturated heterocycles. The molecule has 0 aliphatic carbocycles. The Morgan fingerprint density at radius 3 is 1.18 bits per heavy atom. The van der Waals surface area contributed by atoms with Crippen molar-refractivity contribution < 1.29 is 4.57 Å². The standard InChI is InChI=1S/C31H65OP/c1-6-10-14-18-22-24-30(23-19-15-11-7-2)27-28-33(5,32)29-31(25-20-16-12-8-3)26-21-17-13-9-4/h30-31H,6-29H2,1-5H3. The number of unbranched alkanes of at least 4 members (excludes halogenated alkanes) is 13. The number of hydrogen-bond donors (Lipinski definition) is 0. The molecule has 0 N–H and O–H groups in total. The van der Waals surface area contributed by atoms with Crippen molar-refractivity contribution in [2.75, 3.05) is 19.0 Å². The fraction of sp³-hybridized carbons (Fsp3) is 1.00. The lowest BCUT2D eigenvalue weighted by molar-refractivity contribution is 0.393. The molecule has 0 amide bonds. The highest BCUT2D eigenvalue weighted by molar-refractivity contribution is 7.63. The Hall–Kier alpha value is 0.230. The summed E-state index contributed by atoms with van der Waals surface area (Å²) in [4.78, 5) is 0. The third-order valence-corrected chi connectivity index (χ3v) is 10.3. The summed E-state index contributed by atoms with van der Waals surface area (Å²) in [6.45, 7) is 11.4. The van der Waals surface area contributed by atoms with Crippen molar-refractivity contribution in [2.45, 2.75) is 169 Å². The summed E-state index contributed by atoms with van der Waals surface area (Å²) in [6.07, 6.45) is 31.9. The SMILES string of the molecule is CCCCCCCC(CCCCCC)CCP(C)(=O)CC(CCCCCC)CCCCCC. The van der Waals surface area contributed by atoms with Crippen LogP contribution in [0.2, 0.25) is 0 Å². The van der Waals surface area contributed by atoms with E-state index < -0.39 is 7.14 Å². The van der Waals surface area contributed by atoms with Crippen molar-refractivity contribution in [3.8, 4) is 0 Å². The van der Waals surface area contributed by atoms with Gasteiger partial charge in [-0.05, 0) is 24.9 Å². The Bertz CT molecular complexity index is 421. The minimum atomic E-state index is -2.01. The molecule has 0 radical (unpaired) electrons. The molecule has 0 saturated carbocycles. The second-order valence-corrected chi connectivity index (χ2v) is 14.9. The molecule has 2 atom stereocenters. The average Bonchev–Trinajstić information content (AvgIpc) is 2.79. The fourth-order valence-electron chi connectivity index (χ4n) is 5.47. The molecule has 0 aromatic carbocycles. The summed E-state index contributed by atoms with van der Waals surface area (Å²) in [5.74, 6) is 1.54. The Morgan fingerprint density at radius 1 is 0.455 bits per heavy atom. The largest absolute Gasteiger partial charge is 0.324 e. The van der Waals surface area contributed by atoms with Gasteiger partial charge < -0.3 is 4.57 Å². The van der Waals surface area contributed by atoms with E-state index in [1.807, 2.05) is 0 Å². The molecular formula is C31H65OP. The van der Waals surface area contributed by atoms with E-state index in [4.69, 9.17) is 0 Å². The molecule has 0 spiro atoms. The van der Waals surface area contributed by atoms with E-state index in [0.717, 1.165) is 18.2 Å². The Balaban J connectivity index is 4.64. The molecule has 0 heterocycles. The van der Waals surface area contributed by atoms with Crippen LogP contribution in [0.15, 0.2) is 0 Å². The maximum atomic E-state index is 13.7. The Kier molecular flexibility index (Phi) is 24.1. The molecule has 2 heteroatoms. The lowest BCUT2D eigenvalue weighted by Crippen LogP contribution is -2.11. The zero-order valence-electron chi connectivity index (χ0n) is 24.0. The maximum Gasteiger partial charge on any atom is 0.0851 e. The third kappa shape index (κ3) is 22.4. The van der Waals surface area contributed by atoms with Crippen LogP contribution in [-0.2, 0) is 4.57 Å². The van der Waals surface area contributed by atoms with E-state index in [9.17, 15) is 4.57 Å². The van der Waals surface area contributed by atoms with E-state index in [2.05, 4.69) is 34.4 Å². The molecule has 0 rings (SSSR count). The monoisotopic (exact) mass is 484 g/mol. The van der Waals surface area contributed by atoms with Gasteiger partial charge in [0.25, 0.3) is 0 Å². The van der Waals surface area contributed by atoms with Gasteiger partial charge in [-0.15, -0.1) is 0 Å². The van der Waals surface area contributed by atoms with Gasteiger partial charge in [0.1, 0.15) is 0 Å². The highest BCUT2D eigenvalue weighted by Gasteiger charge is 2.23. The fourth-order valence-corrected chi connectivity index (χ4v) is 8.02. The van der Waals surface area contributed by atoms with E-state index >= 15 is 0 Å². The third-order valence-electron chi connectivity index (χ3n) is 7.77. The molecule has 2 unspecified atom stereocenters. The van der Waals surface area contributed by atoms with Crippen molar-refractivity contribution in [3.63, 3.8) is 0 Å². The minimum Gasteiger partial charge on any atom is -0.324 e. The molecule has 0 fully saturated rings. The molecule has 200 valence electrons. The van der Waals surface area contributed by atoms with Crippen LogP contribution < -0.4 is 0 Å². The summed E-state index contributed by atoms with van der Waals surface area (Å²) in [7, 11) is -2.01. The van der Waals surface area contributed by atoms with Gasteiger partial charge in [-0.25, -0.2) is 0 Å². The lowest BCUT2D eigenvalue weighted by Gasteiger charge is -2.24. The van der Waals surface area contributed by atoms with Gasteiger partial charge in [0, 0.05) is 12.3 Å². The predicted molar refractivity (Wildman–Crippen MR) is 155 cm³/mol. The van der Waals surface area contributed by atoms with Crippen LogP contribution in [0.1, 0.15) is 169 Å². The van der Waals surface area contributed by atoms with Crippen molar-refractivity contribution in [1.29, 1.82) is 0 Å². The molecule has 0 aromatic rings.